The highest BCUT2D eigenvalue weighted by Crippen LogP contribution is 2.27. The predicted molar refractivity (Wildman–Crippen MR) is 266 cm³/mol. The number of aromatic hydroxyl groups is 1. The van der Waals surface area contributed by atoms with Crippen molar-refractivity contribution in [1.29, 1.82) is 0 Å². The lowest BCUT2D eigenvalue weighted by atomic mass is 9.91. The zero-order chi connectivity index (χ0) is 54.1. The molecule has 410 valence electrons. The number of amides is 8. The number of aliphatic hydroxyl groups is 5. The molecule has 1 aromatic carbocycles. The van der Waals surface area contributed by atoms with Crippen LogP contribution in [0.2, 0.25) is 0 Å². The minimum Gasteiger partial charge on any atom is -0.508 e. The maximum atomic E-state index is 14.5. The van der Waals surface area contributed by atoms with Gasteiger partial charge in [-0.25, -0.2) is 0 Å². The Morgan fingerprint density at radius 3 is 2.04 bits per heavy atom. The number of nitrogens with one attached hydrogen (secondary N) is 5. The molecule has 73 heavy (non-hydrogen) atoms. The number of fused-ring (bicyclic) bond motifs is 2. The van der Waals surface area contributed by atoms with E-state index in [1.54, 1.807) is 12.1 Å². The second kappa shape index (κ2) is 28.9. The van der Waals surface area contributed by atoms with Crippen LogP contribution in [0.5, 0.6) is 5.75 Å². The molecule has 0 aliphatic carbocycles. The van der Waals surface area contributed by atoms with E-state index in [1.807, 2.05) is 0 Å². The van der Waals surface area contributed by atoms with Crippen LogP contribution in [-0.2, 0) is 44.8 Å². The van der Waals surface area contributed by atoms with Crippen LogP contribution < -0.4 is 32.3 Å². The van der Waals surface area contributed by atoms with E-state index in [-0.39, 0.29) is 44.4 Å². The third-order valence-electron chi connectivity index (χ3n) is 14.4. The molecule has 3 saturated heterocycles. The smallest absolute Gasteiger partial charge is 0.248 e. The van der Waals surface area contributed by atoms with Gasteiger partial charge in [-0.2, -0.15) is 0 Å². The van der Waals surface area contributed by atoms with E-state index in [0.717, 1.165) is 41.9 Å². The highest BCUT2D eigenvalue weighted by molar-refractivity contribution is 5.98. The van der Waals surface area contributed by atoms with Crippen molar-refractivity contribution in [2.24, 2.45) is 23.5 Å². The minimum absolute atomic E-state index is 0.0419. The summed E-state index contributed by atoms with van der Waals surface area (Å²) in [7, 11) is 0. The van der Waals surface area contributed by atoms with Gasteiger partial charge in [-0.3, -0.25) is 38.4 Å². The monoisotopic (exact) mass is 1030 g/mol. The van der Waals surface area contributed by atoms with Gasteiger partial charge in [-0.15, -0.1) is 0 Å². The van der Waals surface area contributed by atoms with Crippen LogP contribution in [0.4, 0.5) is 0 Å². The van der Waals surface area contributed by atoms with Crippen molar-refractivity contribution in [1.82, 2.24) is 36.4 Å². The number of rotatable bonds is 20. The van der Waals surface area contributed by atoms with Gasteiger partial charge in [0.1, 0.15) is 48.2 Å². The standard InChI is InChI=1S/C51H82N8O14/c1-6-28(2)23-29(3)13-11-9-7-8-10-12-14-40(65)53-35-21-22-41(66)55-49(71)44-45(67)30(4)26-59(44)51(73)43(38(63)25-39(52)64)57-47(69)36(20-17-32-15-18-33(61)19-16-32)54-48(70)37-24-34(62)27-58(37)50(72)42(31(5)60)56-46(35)68/h15-16,18-19,28-31,34-38,41-45,60-63,66-67H,6-14,17,20-27H2,1-5H3,(H2,52,64)(H,53,65)(H,54,70)(H,55,71)(H,56,68)(H,57,69)/t28?,29?,30-,31-,34+,35+,36?,37?,38+,41-,42?,43?,44?,45-/m0/s1. The lowest BCUT2D eigenvalue weighted by Gasteiger charge is -2.33. The summed E-state index contributed by atoms with van der Waals surface area (Å²) in [6.07, 6.45) is -1.24. The number of unbranched alkanes of at least 4 members (excludes halogenated alkanes) is 5. The Kier molecular flexibility index (Phi) is 23.8. The van der Waals surface area contributed by atoms with Gasteiger partial charge in [0.15, 0.2) is 0 Å². The molecule has 1 aromatic rings. The second-order valence-electron chi connectivity index (χ2n) is 20.8. The number of nitrogens with zero attached hydrogens (tertiary/aromatic N) is 2. The molecule has 22 heteroatoms. The third kappa shape index (κ3) is 18.2. The number of nitrogens with two attached hydrogens (primary N) is 1. The molecule has 8 amide bonds. The summed E-state index contributed by atoms with van der Waals surface area (Å²) < 4.78 is 0. The molecule has 3 aliphatic rings. The van der Waals surface area contributed by atoms with Crippen LogP contribution in [-0.4, -0.2) is 168 Å². The van der Waals surface area contributed by atoms with Crippen LogP contribution in [0.25, 0.3) is 0 Å². The number of primary amides is 1. The van der Waals surface area contributed by atoms with E-state index in [9.17, 15) is 69.0 Å². The molecule has 3 fully saturated rings. The van der Waals surface area contributed by atoms with Crippen molar-refractivity contribution in [3.05, 3.63) is 29.8 Å². The highest BCUT2D eigenvalue weighted by atomic mass is 16.3. The summed E-state index contributed by atoms with van der Waals surface area (Å²) in [5, 5.41) is 77.8. The number of hydrogen-bond donors (Lipinski definition) is 12. The first-order valence-electron chi connectivity index (χ1n) is 26.1. The largest absolute Gasteiger partial charge is 0.508 e. The summed E-state index contributed by atoms with van der Waals surface area (Å²) in [5.74, 6) is -7.20. The molecule has 0 bridgehead atoms. The number of phenolic OH excluding ortho intramolecular Hbond substituents is 1. The molecule has 7 unspecified atom stereocenters. The normalized spacial score (nSPS) is 28.6. The van der Waals surface area contributed by atoms with Crippen molar-refractivity contribution in [2.45, 2.75) is 204 Å². The minimum atomic E-state index is -2.00. The van der Waals surface area contributed by atoms with Crippen LogP contribution >= 0.6 is 0 Å². The van der Waals surface area contributed by atoms with Crippen LogP contribution in [0.15, 0.2) is 24.3 Å². The van der Waals surface area contributed by atoms with Crippen molar-refractivity contribution in [2.75, 3.05) is 13.1 Å². The SMILES string of the molecule is CCC(C)CC(C)CCCCCCCCC(=O)N[C@@H]1CC[C@H](O)NC(=O)C2[C@@H](O)[C@@H](C)CN2C(=O)C([C@H](O)CC(N)=O)NC(=O)C(CCc2ccc(O)cc2)NC(=O)C2C[C@@H](O)CN2C(=O)C([C@H](C)O)NC1=O. The highest BCUT2D eigenvalue weighted by Gasteiger charge is 2.49. The average molecular weight is 1030 g/mol. The number of phenols is 1. The predicted octanol–water partition coefficient (Wildman–Crippen LogP) is -0.528. The van der Waals surface area contributed by atoms with Crippen molar-refractivity contribution >= 4 is 47.3 Å². The fourth-order valence-corrected chi connectivity index (χ4v) is 9.91. The fraction of sp³-hybridized carbons (Fsp3) is 0.725. The molecule has 0 spiro atoms. The molecule has 13 N–H and O–H groups in total. The van der Waals surface area contributed by atoms with Crippen LogP contribution in [0.1, 0.15) is 136 Å². The van der Waals surface area contributed by atoms with Crippen LogP contribution in [0.3, 0.4) is 0 Å². The number of carbonyl (C=O) groups is 8. The molecule has 4 rings (SSSR count). The molecule has 14 atom stereocenters. The molecular formula is C51H82N8O14. The average Bonchev–Trinajstić information content (AvgIpc) is 3.87. The van der Waals surface area contributed by atoms with Gasteiger partial charge in [0.25, 0.3) is 0 Å². The van der Waals surface area contributed by atoms with Gasteiger partial charge in [0, 0.05) is 31.8 Å². The van der Waals surface area contributed by atoms with Gasteiger partial charge in [0.05, 0.1) is 30.8 Å². The van der Waals surface area contributed by atoms with Gasteiger partial charge in [0.2, 0.25) is 47.3 Å². The Bertz CT molecular complexity index is 2030. The van der Waals surface area contributed by atoms with E-state index < -0.39 is 139 Å². The van der Waals surface area contributed by atoms with Gasteiger partial charge >= 0.3 is 0 Å². The van der Waals surface area contributed by atoms with Crippen molar-refractivity contribution < 1.29 is 69.0 Å². The number of hydrogen-bond acceptors (Lipinski definition) is 14. The van der Waals surface area contributed by atoms with Gasteiger partial charge in [-0.05, 0) is 75.0 Å². The molecule has 3 heterocycles. The number of benzene rings is 1. The number of aryl methyl sites for hydroxylation is 1. The summed E-state index contributed by atoms with van der Waals surface area (Å²) >= 11 is 0. The molecule has 3 aliphatic heterocycles. The van der Waals surface area contributed by atoms with E-state index in [0.29, 0.717) is 23.8 Å². The first-order valence-corrected chi connectivity index (χ1v) is 26.1. The van der Waals surface area contributed by atoms with Gasteiger partial charge < -0.3 is 72.8 Å². The fourth-order valence-electron chi connectivity index (χ4n) is 9.91. The summed E-state index contributed by atoms with van der Waals surface area (Å²) in [6, 6.07) is -4.04. The Balaban J connectivity index is 1.64. The summed E-state index contributed by atoms with van der Waals surface area (Å²) in [4.78, 5) is 113. The second-order valence-corrected chi connectivity index (χ2v) is 20.8. The quantitative estimate of drug-likeness (QED) is 0.0732. The maximum absolute atomic E-state index is 14.5. The van der Waals surface area contributed by atoms with E-state index in [1.165, 1.54) is 45.2 Å². The topological polar surface area (TPSA) is 351 Å². The zero-order valence-corrected chi connectivity index (χ0v) is 43.0. The molecule has 0 saturated carbocycles. The van der Waals surface area contributed by atoms with Crippen LogP contribution in [0, 0.1) is 17.8 Å². The summed E-state index contributed by atoms with van der Waals surface area (Å²) in [5.41, 5.74) is 5.98. The Morgan fingerprint density at radius 2 is 1.40 bits per heavy atom. The number of aliphatic hydroxyl groups excluding tert-OH is 5. The summed E-state index contributed by atoms with van der Waals surface area (Å²) in [6.45, 7) is 8.77. The lowest BCUT2D eigenvalue weighted by Crippen LogP contribution is -2.62. The number of carbonyl (C=O) groups excluding carboxylic acids is 8. The Morgan fingerprint density at radius 1 is 0.767 bits per heavy atom. The first kappa shape index (κ1) is 60.1. The Hall–Kier alpha value is -5.42. The van der Waals surface area contributed by atoms with Crippen molar-refractivity contribution in [3.63, 3.8) is 0 Å². The molecular weight excluding hydrogens is 949 g/mol. The molecule has 0 radical (unpaired) electrons. The maximum Gasteiger partial charge on any atom is 0.248 e. The molecule has 0 aromatic heterocycles. The van der Waals surface area contributed by atoms with Crippen molar-refractivity contribution in [3.8, 4) is 5.75 Å². The lowest BCUT2D eigenvalue weighted by molar-refractivity contribution is -0.147. The molecule has 22 nitrogen and oxygen atoms in total. The Labute approximate surface area is 428 Å². The van der Waals surface area contributed by atoms with Gasteiger partial charge in [-0.1, -0.05) is 84.8 Å². The van der Waals surface area contributed by atoms with E-state index >= 15 is 0 Å². The third-order valence-corrected chi connectivity index (χ3v) is 14.4. The zero-order valence-electron chi connectivity index (χ0n) is 43.0. The van der Waals surface area contributed by atoms with E-state index in [2.05, 4.69) is 47.4 Å². The first-order chi connectivity index (χ1) is 34.5. The van der Waals surface area contributed by atoms with E-state index in [4.69, 9.17) is 5.73 Å².